The number of rotatable bonds is 3. The van der Waals surface area contributed by atoms with Gasteiger partial charge in [0.15, 0.2) is 0 Å². The van der Waals surface area contributed by atoms with Gasteiger partial charge in [0.25, 0.3) is 11.2 Å². The van der Waals surface area contributed by atoms with Crippen LogP contribution < -0.4 is 5.56 Å². The first-order chi connectivity index (χ1) is 10.6. The topological polar surface area (TPSA) is 78.0 Å². The third-order valence-corrected chi connectivity index (χ3v) is 3.65. The highest BCUT2D eigenvalue weighted by Crippen LogP contribution is 2.23. The van der Waals surface area contributed by atoms with E-state index >= 15 is 0 Å². The van der Waals surface area contributed by atoms with Crippen molar-refractivity contribution in [2.24, 2.45) is 0 Å². The number of benzene rings is 2. The van der Waals surface area contributed by atoms with Crippen molar-refractivity contribution in [1.29, 1.82) is 0 Å². The Morgan fingerprint density at radius 1 is 1.18 bits per heavy atom. The molecule has 22 heavy (non-hydrogen) atoms. The van der Waals surface area contributed by atoms with E-state index in [0.29, 0.717) is 11.0 Å². The average molecular weight is 295 g/mol. The average Bonchev–Trinajstić information content (AvgIpc) is 2.54. The maximum atomic E-state index is 12.2. The minimum Gasteiger partial charge on any atom is -0.298 e. The highest BCUT2D eigenvalue weighted by Gasteiger charge is 2.15. The van der Waals surface area contributed by atoms with Crippen LogP contribution in [0.2, 0.25) is 0 Å². The van der Waals surface area contributed by atoms with E-state index in [-0.39, 0.29) is 17.3 Å². The van der Waals surface area contributed by atoms with Gasteiger partial charge in [0, 0.05) is 12.1 Å². The first-order valence-electron chi connectivity index (χ1n) is 6.78. The van der Waals surface area contributed by atoms with Gasteiger partial charge in [0.2, 0.25) is 0 Å². The van der Waals surface area contributed by atoms with E-state index in [1.54, 1.807) is 10.6 Å². The standard InChI is InChI=1S/C16H13N3O3/c1-11(12-5-3-2-4-6-12)18-15-8-7-13(19(21)22)9-14(15)17-10-16(18)20/h2-11H,1H3. The summed E-state index contributed by atoms with van der Waals surface area (Å²) in [4.78, 5) is 26.6. The van der Waals surface area contributed by atoms with Gasteiger partial charge in [0.1, 0.15) is 0 Å². The number of nitro groups is 1. The van der Waals surface area contributed by atoms with E-state index in [4.69, 9.17) is 0 Å². The lowest BCUT2D eigenvalue weighted by atomic mass is 10.1. The van der Waals surface area contributed by atoms with E-state index in [1.807, 2.05) is 37.3 Å². The van der Waals surface area contributed by atoms with Gasteiger partial charge in [-0.25, -0.2) is 4.98 Å². The normalized spacial score (nSPS) is 12.2. The SMILES string of the molecule is CC(c1ccccc1)n1c(=O)cnc2cc([N+](=O)[O-])ccc21. The predicted molar refractivity (Wildman–Crippen MR) is 82.9 cm³/mol. The monoisotopic (exact) mass is 295 g/mol. The predicted octanol–water partition coefficient (Wildman–Crippen LogP) is 2.91. The molecule has 3 aromatic rings. The molecule has 0 saturated heterocycles. The second-order valence-electron chi connectivity index (χ2n) is 4.98. The van der Waals surface area contributed by atoms with Crippen molar-refractivity contribution in [1.82, 2.24) is 9.55 Å². The summed E-state index contributed by atoms with van der Waals surface area (Å²) in [7, 11) is 0. The van der Waals surface area contributed by atoms with E-state index in [2.05, 4.69) is 4.98 Å². The van der Waals surface area contributed by atoms with Crippen molar-refractivity contribution in [3.8, 4) is 0 Å². The molecule has 0 N–H and O–H groups in total. The fourth-order valence-electron chi connectivity index (χ4n) is 2.52. The molecule has 2 aromatic carbocycles. The lowest BCUT2D eigenvalue weighted by Gasteiger charge is -2.17. The largest absolute Gasteiger partial charge is 0.298 e. The van der Waals surface area contributed by atoms with E-state index in [9.17, 15) is 14.9 Å². The zero-order valence-corrected chi connectivity index (χ0v) is 11.8. The van der Waals surface area contributed by atoms with E-state index in [1.165, 1.54) is 18.3 Å². The van der Waals surface area contributed by atoms with Crippen molar-refractivity contribution in [3.63, 3.8) is 0 Å². The minimum atomic E-state index is -0.475. The lowest BCUT2D eigenvalue weighted by Crippen LogP contribution is -2.24. The zero-order valence-electron chi connectivity index (χ0n) is 11.8. The first-order valence-corrected chi connectivity index (χ1v) is 6.78. The molecule has 0 spiro atoms. The maximum absolute atomic E-state index is 12.2. The van der Waals surface area contributed by atoms with Crippen LogP contribution in [-0.4, -0.2) is 14.5 Å². The molecule has 1 aromatic heterocycles. The Morgan fingerprint density at radius 2 is 1.91 bits per heavy atom. The molecule has 0 amide bonds. The zero-order chi connectivity index (χ0) is 15.7. The van der Waals surface area contributed by atoms with Crippen LogP contribution in [0, 0.1) is 10.1 Å². The van der Waals surface area contributed by atoms with Gasteiger partial charge in [-0.3, -0.25) is 19.5 Å². The third-order valence-electron chi connectivity index (χ3n) is 3.65. The lowest BCUT2D eigenvalue weighted by molar-refractivity contribution is -0.384. The molecule has 0 radical (unpaired) electrons. The molecule has 110 valence electrons. The fraction of sp³-hybridized carbons (Fsp3) is 0.125. The highest BCUT2D eigenvalue weighted by atomic mass is 16.6. The summed E-state index contributed by atoms with van der Waals surface area (Å²) in [5.41, 5.74) is 1.71. The van der Waals surface area contributed by atoms with Crippen molar-refractivity contribution < 1.29 is 4.92 Å². The number of hydrogen-bond acceptors (Lipinski definition) is 4. The van der Waals surface area contributed by atoms with Crippen LogP contribution in [0.3, 0.4) is 0 Å². The van der Waals surface area contributed by atoms with Gasteiger partial charge in [-0.1, -0.05) is 30.3 Å². The van der Waals surface area contributed by atoms with Gasteiger partial charge in [-0.05, 0) is 18.6 Å². The minimum absolute atomic E-state index is 0.0439. The number of hydrogen-bond donors (Lipinski definition) is 0. The number of non-ortho nitro benzene ring substituents is 1. The number of aromatic nitrogens is 2. The fourth-order valence-corrected chi connectivity index (χ4v) is 2.52. The summed E-state index contributed by atoms with van der Waals surface area (Å²) in [6, 6.07) is 13.7. The van der Waals surface area contributed by atoms with Crippen molar-refractivity contribution >= 4 is 16.7 Å². The molecule has 6 heteroatoms. The molecule has 1 atom stereocenters. The summed E-state index contributed by atoms with van der Waals surface area (Å²) in [5.74, 6) is 0. The Labute approximate surface area is 125 Å². The molecule has 0 aliphatic rings. The maximum Gasteiger partial charge on any atom is 0.271 e. The first kappa shape index (κ1) is 13.9. The molecule has 6 nitrogen and oxygen atoms in total. The second-order valence-corrected chi connectivity index (χ2v) is 4.98. The molecule has 0 saturated carbocycles. The Kier molecular flexibility index (Phi) is 3.42. The number of fused-ring (bicyclic) bond motifs is 1. The van der Waals surface area contributed by atoms with Crippen LogP contribution in [0.25, 0.3) is 11.0 Å². The van der Waals surface area contributed by atoms with Gasteiger partial charge in [-0.2, -0.15) is 0 Å². The summed E-state index contributed by atoms with van der Waals surface area (Å²) in [6.07, 6.45) is 1.20. The van der Waals surface area contributed by atoms with Crippen LogP contribution in [0.4, 0.5) is 5.69 Å². The molecule has 0 aliphatic heterocycles. The van der Waals surface area contributed by atoms with Crippen molar-refractivity contribution in [3.05, 3.63) is 80.8 Å². The highest BCUT2D eigenvalue weighted by molar-refractivity contribution is 5.77. The van der Waals surface area contributed by atoms with Gasteiger partial charge in [-0.15, -0.1) is 0 Å². The number of nitro benzene ring substituents is 1. The second kappa shape index (κ2) is 5.40. The molecule has 0 fully saturated rings. The van der Waals surface area contributed by atoms with Gasteiger partial charge < -0.3 is 0 Å². The Balaban J connectivity index is 2.22. The van der Waals surface area contributed by atoms with E-state index < -0.39 is 4.92 Å². The third kappa shape index (κ3) is 2.35. The Hall–Kier alpha value is -3.02. The van der Waals surface area contributed by atoms with Crippen LogP contribution in [0.15, 0.2) is 59.5 Å². The Morgan fingerprint density at radius 3 is 2.59 bits per heavy atom. The molecule has 0 aliphatic carbocycles. The van der Waals surface area contributed by atoms with Crippen LogP contribution >= 0.6 is 0 Å². The molecule has 0 bridgehead atoms. The summed E-state index contributed by atoms with van der Waals surface area (Å²) < 4.78 is 1.60. The summed E-state index contributed by atoms with van der Waals surface area (Å²) in [6.45, 7) is 1.91. The van der Waals surface area contributed by atoms with Crippen LogP contribution in [-0.2, 0) is 0 Å². The van der Waals surface area contributed by atoms with E-state index in [0.717, 1.165) is 5.56 Å². The molecule has 3 rings (SSSR count). The molecule has 1 unspecified atom stereocenters. The van der Waals surface area contributed by atoms with Crippen LogP contribution in [0.5, 0.6) is 0 Å². The van der Waals surface area contributed by atoms with Crippen molar-refractivity contribution in [2.45, 2.75) is 13.0 Å². The molecular formula is C16H13N3O3. The van der Waals surface area contributed by atoms with Crippen LogP contribution in [0.1, 0.15) is 18.5 Å². The molecular weight excluding hydrogens is 282 g/mol. The molecule has 1 heterocycles. The Bertz CT molecular complexity index is 903. The summed E-state index contributed by atoms with van der Waals surface area (Å²) in [5, 5.41) is 10.9. The quantitative estimate of drug-likeness (QED) is 0.550. The van der Waals surface area contributed by atoms with Gasteiger partial charge in [0.05, 0.1) is 28.2 Å². The summed E-state index contributed by atoms with van der Waals surface area (Å²) >= 11 is 0. The van der Waals surface area contributed by atoms with Gasteiger partial charge >= 0.3 is 0 Å². The smallest absolute Gasteiger partial charge is 0.271 e. The van der Waals surface area contributed by atoms with Crippen molar-refractivity contribution in [2.75, 3.05) is 0 Å². The number of nitrogens with zero attached hydrogens (tertiary/aromatic N) is 3.